The van der Waals surface area contributed by atoms with Gasteiger partial charge in [-0.05, 0) is 69.9 Å². The van der Waals surface area contributed by atoms with Crippen LogP contribution in [0.15, 0.2) is 72.8 Å². The van der Waals surface area contributed by atoms with Gasteiger partial charge in [0.15, 0.2) is 6.61 Å². The number of rotatable bonds is 9. The quantitative estimate of drug-likeness (QED) is 0.432. The number of nitrogens with zero attached hydrogens (tertiary/aromatic N) is 1. The number of amides is 2. The summed E-state index contributed by atoms with van der Waals surface area (Å²) in [5, 5.41) is 3.09. The second kappa shape index (κ2) is 11.9. The molecule has 1 N–H and O–H groups in total. The summed E-state index contributed by atoms with van der Waals surface area (Å²) in [5.74, 6) is 0.261. The summed E-state index contributed by atoms with van der Waals surface area (Å²) < 4.78 is 5.98. The Hall–Kier alpha value is -3.60. The molecule has 3 rings (SSSR count). The average molecular weight is 487 g/mol. The first-order valence-electron chi connectivity index (χ1n) is 12.4. The fourth-order valence-electron chi connectivity index (χ4n) is 4.00. The zero-order valence-electron chi connectivity index (χ0n) is 22.3. The molecule has 0 aliphatic rings. The minimum Gasteiger partial charge on any atom is -0.483 e. The first-order valence-corrected chi connectivity index (χ1v) is 12.4. The van der Waals surface area contributed by atoms with Crippen LogP contribution in [-0.4, -0.2) is 34.9 Å². The molecule has 5 heteroatoms. The van der Waals surface area contributed by atoms with E-state index in [-0.39, 0.29) is 18.4 Å². The lowest BCUT2D eigenvalue weighted by Gasteiger charge is -2.34. The van der Waals surface area contributed by atoms with E-state index in [2.05, 4.69) is 5.32 Å². The van der Waals surface area contributed by atoms with Gasteiger partial charge in [0.25, 0.3) is 5.91 Å². The van der Waals surface area contributed by atoms with E-state index in [0.29, 0.717) is 18.7 Å². The van der Waals surface area contributed by atoms with Crippen LogP contribution in [0, 0.1) is 20.8 Å². The average Bonchev–Trinajstić information content (AvgIpc) is 2.83. The van der Waals surface area contributed by atoms with E-state index < -0.39 is 11.6 Å². The summed E-state index contributed by atoms with van der Waals surface area (Å²) in [6.07, 6.45) is 0.407. The Kier molecular flexibility index (Phi) is 8.92. The Labute approximate surface area is 215 Å². The zero-order chi connectivity index (χ0) is 26.3. The van der Waals surface area contributed by atoms with Gasteiger partial charge in [0, 0.05) is 18.5 Å². The van der Waals surface area contributed by atoms with Gasteiger partial charge in [-0.25, -0.2) is 0 Å². The molecule has 0 aliphatic carbocycles. The second-order valence-corrected chi connectivity index (χ2v) is 10.4. The number of benzene rings is 3. The maximum absolute atomic E-state index is 13.7. The van der Waals surface area contributed by atoms with E-state index >= 15 is 0 Å². The number of hydrogen-bond donors (Lipinski definition) is 1. The number of aryl methyl sites for hydroxylation is 2. The van der Waals surface area contributed by atoms with Crippen molar-refractivity contribution in [3.05, 3.63) is 101 Å². The number of nitrogens with one attached hydrogen (secondary N) is 1. The largest absolute Gasteiger partial charge is 0.483 e. The fourth-order valence-corrected chi connectivity index (χ4v) is 4.00. The first-order chi connectivity index (χ1) is 17.0. The summed E-state index contributed by atoms with van der Waals surface area (Å²) in [7, 11) is 0. The molecule has 0 bridgehead atoms. The van der Waals surface area contributed by atoms with Gasteiger partial charge in [0.1, 0.15) is 11.8 Å². The van der Waals surface area contributed by atoms with Crippen LogP contribution in [0.1, 0.15) is 48.6 Å². The topological polar surface area (TPSA) is 58.6 Å². The van der Waals surface area contributed by atoms with E-state index in [4.69, 9.17) is 4.74 Å². The van der Waals surface area contributed by atoms with Crippen LogP contribution in [0.3, 0.4) is 0 Å². The van der Waals surface area contributed by atoms with Gasteiger partial charge in [0.2, 0.25) is 5.91 Å². The molecule has 0 unspecified atom stereocenters. The highest BCUT2D eigenvalue weighted by Crippen LogP contribution is 2.22. The van der Waals surface area contributed by atoms with Gasteiger partial charge in [-0.15, -0.1) is 0 Å². The van der Waals surface area contributed by atoms with Crippen LogP contribution in [-0.2, 0) is 22.6 Å². The van der Waals surface area contributed by atoms with Crippen molar-refractivity contribution < 1.29 is 14.3 Å². The summed E-state index contributed by atoms with van der Waals surface area (Å²) >= 11 is 0. The van der Waals surface area contributed by atoms with E-state index in [1.165, 1.54) is 0 Å². The molecule has 0 spiro atoms. The summed E-state index contributed by atoms with van der Waals surface area (Å²) in [6, 6.07) is 23.0. The van der Waals surface area contributed by atoms with Gasteiger partial charge in [0.05, 0.1) is 0 Å². The molecule has 5 nitrogen and oxygen atoms in total. The molecule has 1 atom stereocenters. The second-order valence-electron chi connectivity index (χ2n) is 10.4. The van der Waals surface area contributed by atoms with Gasteiger partial charge in [-0.2, -0.15) is 0 Å². The first kappa shape index (κ1) is 27.0. The van der Waals surface area contributed by atoms with E-state index in [0.717, 1.165) is 27.8 Å². The zero-order valence-corrected chi connectivity index (χ0v) is 22.3. The molecule has 0 aromatic heterocycles. The standard InChI is InChI=1S/C31H38N2O3/c1-22-15-17-26(18-16-22)20-33(29(34)21-36-28-14-10-11-23(2)24(28)3)27(30(35)32-31(4,5)6)19-25-12-8-7-9-13-25/h7-18,27H,19-21H2,1-6H3,(H,32,35)/t27-/m0/s1. The minimum absolute atomic E-state index is 0.149. The maximum atomic E-state index is 13.7. The number of carbonyl (C=O) groups is 2. The van der Waals surface area contributed by atoms with Crippen molar-refractivity contribution in [2.45, 2.75) is 66.1 Å². The Morgan fingerprint density at radius 2 is 1.53 bits per heavy atom. The predicted molar refractivity (Wildman–Crippen MR) is 145 cm³/mol. The van der Waals surface area contributed by atoms with Crippen molar-refractivity contribution in [3.8, 4) is 5.75 Å². The molecule has 3 aromatic rings. The van der Waals surface area contributed by atoms with Crippen molar-refractivity contribution in [2.24, 2.45) is 0 Å². The molecule has 0 saturated carbocycles. The van der Waals surface area contributed by atoms with Crippen molar-refractivity contribution in [2.75, 3.05) is 6.61 Å². The molecule has 190 valence electrons. The van der Waals surface area contributed by atoms with E-state index in [1.54, 1.807) is 4.90 Å². The predicted octanol–water partition coefficient (Wildman–Crippen LogP) is 5.55. The molecule has 0 radical (unpaired) electrons. The molecule has 2 amide bonds. The third-order valence-electron chi connectivity index (χ3n) is 6.15. The van der Waals surface area contributed by atoms with Crippen LogP contribution in [0.4, 0.5) is 0 Å². The Balaban J connectivity index is 1.94. The Bertz CT molecular complexity index is 1160. The van der Waals surface area contributed by atoms with Gasteiger partial charge in [-0.1, -0.05) is 72.3 Å². The molecule has 36 heavy (non-hydrogen) atoms. The molecule has 0 heterocycles. The Morgan fingerprint density at radius 1 is 0.861 bits per heavy atom. The molecule has 0 fully saturated rings. The molecule has 3 aromatic carbocycles. The number of carbonyl (C=O) groups excluding carboxylic acids is 2. The Morgan fingerprint density at radius 3 is 2.17 bits per heavy atom. The van der Waals surface area contributed by atoms with Crippen molar-refractivity contribution >= 4 is 11.8 Å². The monoisotopic (exact) mass is 486 g/mol. The van der Waals surface area contributed by atoms with Gasteiger partial charge in [-0.3, -0.25) is 9.59 Å². The number of hydrogen-bond acceptors (Lipinski definition) is 3. The summed E-state index contributed by atoms with van der Waals surface area (Å²) in [4.78, 5) is 28.9. The van der Waals surface area contributed by atoms with E-state index in [1.807, 2.05) is 114 Å². The number of ether oxygens (including phenoxy) is 1. The summed E-state index contributed by atoms with van der Waals surface area (Å²) in [5.41, 5.74) is 4.76. The van der Waals surface area contributed by atoms with Crippen LogP contribution in [0.5, 0.6) is 5.75 Å². The highest BCUT2D eigenvalue weighted by Gasteiger charge is 2.32. The molecular formula is C31H38N2O3. The maximum Gasteiger partial charge on any atom is 0.261 e. The van der Waals surface area contributed by atoms with Crippen molar-refractivity contribution in [1.29, 1.82) is 0 Å². The highest BCUT2D eigenvalue weighted by molar-refractivity contribution is 5.89. The van der Waals surface area contributed by atoms with Crippen LogP contribution < -0.4 is 10.1 Å². The van der Waals surface area contributed by atoms with Crippen LogP contribution in [0.25, 0.3) is 0 Å². The lowest BCUT2D eigenvalue weighted by Crippen LogP contribution is -2.55. The minimum atomic E-state index is -0.692. The third-order valence-corrected chi connectivity index (χ3v) is 6.15. The lowest BCUT2D eigenvalue weighted by atomic mass is 10.0. The summed E-state index contributed by atoms with van der Waals surface area (Å²) in [6.45, 7) is 12.0. The van der Waals surface area contributed by atoms with Crippen LogP contribution in [0.2, 0.25) is 0 Å². The third kappa shape index (κ3) is 7.70. The smallest absolute Gasteiger partial charge is 0.261 e. The van der Waals surface area contributed by atoms with Crippen LogP contribution >= 0.6 is 0 Å². The normalized spacial score (nSPS) is 12.1. The fraction of sp³-hybridized carbons (Fsp3) is 0.355. The van der Waals surface area contributed by atoms with Crippen molar-refractivity contribution in [3.63, 3.8) is 0 Å². The molecular weight excluding hydrogens is 448 g/mol. The van der Waals surface area contributed by atoms with Gasteiger partial charge < -0.3 is 15.0 Å². The van der Waals surface area contributed by atoms with Gasteiger partial charge >= 0.3 is 0 Å². The molecule has 0 aliphatic heterocycles. The lowest BCUT2D eigenvalue weighted by molar-refractivity contribution is -0.143. The van der Waals surface area contributed by atoms with E-state index in [9.17, 15) is 9.59 Å². The van der Waals surface area contributed by atoms with Crippen molar-refractivity contribution in [1.82, 2.24) is 10.2 Å². The highest BCUT2D eigenvalue weighted by atomic mass is 16.5. The molecule has 0 saturated heterocycles. The SMILES string of the molecule is Cc1ccc(CN(C(=O)COc2cccc(C)c2C)[C@@H](Cc2ccccc2)C(=O)NC(C)(C)C)cc1.